The third-order valence-corrected chi connectivity index (χ3v) is 3.94. The Morgan fingerprint density at radius 3 is 2.62 bits per heavy atom. The van der Waals surface area contributed by atoms with E-state index < -0.39 is 0 Å². The van der Waals surface area contributed by atoms with Crippen molar-refractivity contribution in [3.05, 3.63) is 59.9 Å². The maximum Gasteiger partial charge on any atom is 0.255 e. The molecular formula is C18H23Cl2N5O. The molecule has 6 nitrogen and oxygen atoms in total. The highest BCUT2D eigenvalue weighted by atomic mass is 35.5. The monoisotopic (exact) mass is 395 g/mol. The van der Waals surface area contributed by atoms with Gasteiger partial charge in [0.15, 0.2) is 5.65 Å². The molecule has 3 rings (SSSR count). The predicted molar refractivity (Wildman–Crippen MR) is 108 cm³/mol. The molecule has 8 heteroatoms. The molecule has 0 saturated carbocycles. The lowest BCUT2D eigenvalue weighted by Crippen LogP contribution is -2.32. The number of hydrogen-bond donors (Lipinski definition) is 1. The Morgan fingerprint density at radius 2 is 1.92 bits per heavy atom. The minimum atomic E-state index is -0.0320. The first-order valence-electron chi connectivity index (χ1n) is 7.94. The van der Waals surface area contributed by atoms with Gasteiger partial charge in [-0.25, -0.2) is 9.67 Å². The summed E-state index contributed by atoms with van der Waals surface area (Å²) in [5.74, 6) is -0.0320. The van der Waals surface area contributed by atoms with E-state index in [1.54, 1.807) is 24.3 Å². The number of nitrogens with zero attached hydrogens (tertiary/aromatic N) is 4. The lowest BCUT2D eigenvalue weighted by atomic mass is 10.2. The normalized spacial score (nSPS) is 10.1. The van der Waals surface area contributed by atoms with Gasteiger partial charge in [0.1, 0.15) is 0 Å². The van der Waals surface area contributed by atoms with Crippen LogP contribution in [0.3, 0.4) is 0 Å². The Bertz CT molecular complexity index is 838. The number of nitrogens with one attached hydrogen (secondary N) is 1. The SMILES string of the molecule is CNCCN(C)C(=O)c1cnc2c(cnn2Cc2ccccc2)c1.Cl.Cl. The first kappa shape index (κ1) is 21.9. The second-order valence-electron chi connectivity index (χ2n) is 5.75. The molecule has 3 aromatic rings. The maximum atomic E-state index is 12.4. The van der Waals surface area contributed by atoms with Gasteiger partial charge in [0.05, 0.1) is 18.3 Å². The van der Waals surface area contributed by atoms with Crippen molar-refractivity contribution in [3.8, 4) is 0 Å². The zero-order chi connectivity index (χ0) is 16.9. The largest absolute Gasteiger partial charge is 0.340 e. The number of halogens is 2. The van der Waals surface area contributed by atoms with Crippen LogP contribution in [-0.4, -0.2) is 52.8 Å². The van der Waals surface area contributed by atoms with Crippen molar-refractivity contribution in [1.82, 2.24) is 25.0 Å². The van der Waals surface area contributed by atoms with Crippen LogP contribution in [0.15, 0.2) is 48.8 Å². The Balaban J connectivity index is 0.00000169. The summed E-state index contributed by atoms with van der Waals surface area (Å²) < 4.78 is 1.85. The summed E-state index contributed by atoms with van der Waals surface area (Å²) in [5, 5.41) is 8.32. The summed E-state index contributed by atoms with van der Waals surface area (Å²) in [6, 6.07) is 12.0. The van der Waals surface area contributed by atoms with Crippen LogP contribution in [0.25, 0.3) is 11.0 Å². The van der Waals surface area contributed by atoms with Crippen LogP contribution in [0.2, 0.25) is 0 Å². The van der Waals surface area contributed by atoms with E-state index in [0.29, 0.717) is 18.7 Å². The molecule has 140 valence electrons. The Kier molecular flexibility index (Phi) is 8.51. The second kappa shape index (κ2) is 10.1. The second-order valence-corrected chi connectivity index (χ2v) is 5.75. The molecular weight excluding hydrogens is 373 g/mol. The van der Waals surface area contributed by atoms with Gasteiger partial charge in [-0.3, -0.25) is 4.79 Å². The van der Waals surface area contributed by atoms with Gasteiger partial charge in [-0.2, -0.15) is 5.10 Å². The zero-order valence-corrected chi connectivity index (χ0v) is 16.4. The van der Waals surface area contributed by atoms with E-state index in [9.17, 15) is 4.79 Å². The van der Waals surface area contributed by atoms with Crippen molar-refractivity contribution < 1.29 is 4.79 Å². The number of benzene rings is 1. The quantitative estimate of drug-likeness (QED) is 0.696. The third-order valence-electron chi connectivity index (χ3n) is 3.94. The molecule has 0 fully saturated rings. The zero-order valence-electron chi connectivity index (χ0n) is 14.8. The fourth-order valence-corrected chi connectivity index (χ4v) is 2.56. The van der Waals surface area contributed by atoms with E-state index in [1.165, 1.54) is 0 Å². The molecule has 0 aliphatic rings. The number of likely N-dealkylation sites (N-methyl/N-ethyl adjacent to an activating group) is 2. The highest BCUT2D eigenvalue weighted by molar-refractivity contribution is 5.96. The molecule has 0 unspecified atom stereocenters. The van der Waals surface area contributed by atoms with Gasteiger partial charge in [0.2, 0.25) is 0 Å². The molecule has 1 aromatic carbocycles. The number of amides is 1. The Labute approximate surface area is 165 Å². The Hall–Kier alpha value is -2.15. The van der Waals surface area contributed by atoms with Crippen LogP contribution in [0.1, 0.15) is 15.9 Å². The van der Waals surface area contributed by atoms with E-state index in [4.69, 9.17) is 0 Å². The van der Waals surface area contributed by atoms with Crippen molar-refractivity contribution in [2.45, 2.75) is 6.54 Å². The number of carbonyl (C=O) groups excluding carboxylic acids is 1. The van der Waals surface area contributed by atoms with Gasteiger partial charge in [0.25, 0.3) is 5.91 Å². The van der Waals surface area contributed by atoms with Crippen molar-refractivity contribution in [2.75, 3.05) is 27.2 Å². The van der Waals surface area contributed by atoms with Crippen LogP contribution in [0, 0.1) is 0 Å². The van der Waals surface area contributed by atoms with E-state index >= 15 is 0 Å². The van der Waals surface area contributed by atoms with Crippen molar-refractivity contribution >= 4 is 41.8 Å². The van der Waals surface area contributed by atoms with Crippen LogP contribution >= 0.6 is 24.8 Å². The molecule has 0 radical (unpaired) electrons. The first-order valence-corrected chi connectivity index (χ1v) is 7.94. The fraction of sp³-hybridized carbons (Fsp3) is 0.278. The summed E-state index contributed by atoms with van der Waals surface area (Å²) in [4.78, 5) is 18.6. The van der Waals surface area contributed by atoms with Gasteiger partial charge in [-0.1, -0.05) is 30.3 Å². The number of aromatic nitrogens is 3. The predicted octanol–water partition coefficient (Wildman–Crippen LogP) is 2.61. The van der Waals surface area contributed by atoms with Crippen LogP contribution in [0.5, 0.6) is 0 Å². The van der Waals surface area contributed by atoms with Gasteiger partial charge < -0.3 is 10.2 Å². The molecule has 0 spiro atoms. The highest BCUT2D eigenvalue weighted by Gasteiger charge is 2.14. The number of hydrogen-bond acceptors (Lipinski definition) is 4. The number of carbonyl (C=O) groups is 1. The van der Waals surface area contributed by atoms with Crippen LogP contribution in [-0.2, 0) is 6.54 Å². The summed E-state index contributed by atoms with van der Waals surface area (Å²) in [6.07, 6.45) is 3.39. The van der Waals surface area contributed by atoms with E-state index in [0.717, 1.165) is 23.1 Å². The van der Waals surface area contributed by atoms with E-state index in [2.05, 4.69) is 27.5 Å². The smallest absolute Gasteiger partial charge is 0.255 e. The van der Waals surface area contributed by atoms with Crippen molar-refractivity contribution in [3.63, 3.8) is 0 Å². The fourth-order valence-electron chi connectivity index (χ4n) is 2.56. The molecule has 26 heavy (non-hydrogen) atoms. The molecule has 0 aliphatic heterocycles. The number of rotatable bonds is 6. The molecule has 0 atom stereocenters. The van der Waals surface area contributed by atoms with E-state index in [-0.39, 0.29) is 30.7 Å². The molecule has 0 bridgehead atoms. The summed E-state index contributed by atoms with van der Waals surface area (Å²) in [6.45, 7) is 2.07. The number of pyridine rings is 1. The van der Waals surface area contributed by atoms with Gasteiger partial charge in [-0.05, 0) is 18.7 Å². The average molecular weight is 396 g/mol. The lowest BCUT2D eigenvalue weighted by Gasteiger charge is -2.16. The summed E-state index contributed by atoms with van der Waals surface area (Å²) in [7, 11) is 3.66. The molecule has 0 aliphatic carbocycles. The molecule has 1 N–H and O–H groups in total. The third kappa shape index (κ3) is 4.94. The summed E-state index contributed by atoms with van der Waals surface area (Å²) >= 11 is 0. The minimum Gasteiger partial charge on any atom is -0.340 e. The maximum absolute atomic E-state index is 12.4. The van der Waals surface area contributed by atoms with Gasteiger partial charge in [-0.15, -0.1) is 24.8 Å². The van der Waals surface area contributed by atoms with Crippen molar-refractivity contribution in [1.29, 1.82) is 0 Å². The average Bonchev–Trinajstić information content (AvgIpc) is 3.02. The minimum absolute atomic E-state index is 0. The summed E-state index contributed by atoms with van der Waals surface area (Å²) in [5.41, 5.74) is 2.53. The topological polar surface area (TPSA) is 63.1 Å². The number of fused-ring (bicyclic) bond motifs is 1. The molecule has 0 saturated heterocycles. The Morgan fingerprint density at radius 1 is 1.19 bits per heavy atom. The first-order chi connectivity index (χ1) is 11.7. The van der Waals surface area contributed by atoms with Crippen LogP contribution < -0.4 is 5.32 Å². The van der Waals surface area contributed by atoms with Crippen molar-refractivity contribution in [2.24, 2.45) is 0 Å². The lowest BCUT2D eigenvalue weighted by molar-refractivity contribution is 0.0796. The van der Waals surface area contributed by atoms with E-state index in [1.807, 2.05) is 36.0 Å². The molecule has 1 amide bonds. The van der Waals surface area contributed by atoms with Gasteiger partial charge >= 0.3 is 0 Å². The van der Waals surface area contributed by atoms with Gasteiger partial charge in [0, 0.05) is 31.7 Å². The molecule has 2 aromatic heterocycles. The molecule has 2 heterocycles. The standard InChI is InChI=1S/C18H21N5O.2ClH/c1-19-8-9-22(2)18(24)16-10-15-12-21-23(17(15)20-11-16)13-14-6-4-3-5-7-14;;/h3-7,10-12,19H,8-9,13H2,1-2H3;2*1H. The van der Waals surface area contributed by atoms with Crippen LogP contribution in [0.4, 0.5) is 0 Å². The highest BCUT2D eigenvalue weighted by Crippen LogP contribution is 2.15.